The van der Waals surface area contributed by atoms with Gasteiger partial charge < -0.3 is 4.74 Å². The Labute approximate surface area is 103 Å². The van der Waals surface area contributed by atoms with Crippen molar-refractivity contribution < 1.29 is 9.53 Å². The van der Waals surface area contributed by atoms with Crippen LogP contribution < -0.4 is 0 Å². The molecule has 0 atom stereocenters. The van der Waals surface area contributed by atoms with Crippen molar-refractivity contribution >= 4 is 35.2 Å². The quantitative estimate of drug-likeness (QED) is 0.363. The molecule has 0 bridgehead atoms. The number of hydrogen-bond acceptors (Lipinski definition) is 4. The Morgan fingerprint density at radius 1 is 1.44 bits per heavy atom. The number of halogens is 2. The third kappa shape index (κ3) is 3.47. The Morgan fingerprint density at radius 2 is 2.12 bits per heavy atom. The minimum Gasteiger partial charge on any atom is -0.463 e. The number of aromatic nitrogens is 2. The molecule has 0 unspecified atom stereocenters. The van der Waals surface area contributed by atoms with Crippen LogP contribution in [0.2, 0.25) is 10.4 Å². The fourth-order valence-corrected chi connectivity index (χ4v) is 1.58. The molecule has 0 aliphatic rings. The van der Waals surface area contributed by atoms with Gasteiger partial charge in [0.2, 0.25) is 5.28 Å². The highest BCUT2D eigenvalue weighted by molar-refractivity contribution is 6.32. The maximum atomic E-state index is 11.1. The number of carbonyl (C=O) groups is 1. The number of hydrogen-bond donors (Lipinski definition) is 0. The summed E-state index contributed by atoms with van der Waals surface area (Å²) in [6.07, 6.45) is 2.78. The van der Waals surface area contributed by atoms with Crippen LogP contribution in [0.15, 0.2) is 6.08 Å². The first-order chi connectivity index (χ1) is 7.54. The van der Waals surface area contributed by atoms with E-state index < -0.39 is 5.97 Å². The lowest BCUT2D eigenvalue weighted by atomic mass is 10.2. The molecule has 0 aliphatic carbocycles. The predicted octanol–water partition coefficient (Wildman–Crippen LogP) is 2.67. The van der Waals surface area contributed by atoms with Gasteiger partial charge in [-0.1, -0.05) is 11.6 Å². The van der Waals surface area contributed by atoms with Crippen LogP contribution in [-0.4, -0.2) is 22.5 Å². The zero-order valence-corrected chi connectivity index (χ0v) is 10.3. The molecule has 0 N–H and O–H groups in total. The third-order valence-electron chi connectivity index (χ3n) is 1.74. The largest absolute Gasteiger partial charge is 0.463 e. The van der Waals surface area contributed by atoms with Crippen LogP contribution in [0.4, 0.5) is 0 Å². The molecule has 0 aliphatic heterocycles. The van der Waals surface area contributed by atoms with E-state index in [1.165, 1.54) is 12.2 Å². The van der Waals surface area contributed by atoms with Crippen LogP contribution in [0.25, 0.3) is 6.08 Å². The highest BCUT2D eigenvalue weighted by Gasteiger charge is 2.06. The summed E-state index contributed by atoms with van der Waals surface area (Å²) >= 11 is 11.5. The van der Waals surface area contributed by atoms with Gasteiger partial charge in [-0.25, -0.2) is 14.8 Å². The van der Waals surface area contributed by atoms with Gasteiger partial charge in [-0.3, -0.25) is 0 Å². The standard InChI is InChI=1S/C10H10Cl2N2O2/c1-3-16-8(15)5-4-7-6(2)13-10(12)14-9(7)11/h4-5H,3H2,1-2H3/b5-4+. The molecule has 0 amide bonds. The molecule has 4 nitrogen and oxygen atoms in total. The highest BCUT2D eigenvalue weighted by Crippen LogP contribution is 2.19. The molecule has 1 rings (SSSR count). The van der Waals surface area contributed by atoms with Crippen molar-refractivity contribution in [2.45, 2.75) is 13.8 Å². The third-order valence-corrected chi connectivity index (χ3v) is 2.19. The number of carbonyl (C=O) groups excluding carboxylic acids is 1. The first-order valence-electron chi connectivity index (χ1n) is 4.59. The molecule has 86 valence electrons. The summed E-state index contributed by atoms with van der Waals surface area (Å²) in [5.74, 6) is -0.437. The molecule has 0 saturated carbocycles. The first-order valence-corrected chi connectivity index (χ1v) is 5.34. The summed E-state index contributed by atoms with van der Waals surface area (Å²) in [5.41, 5.74) is 1.16. The molecule has 0 spiro atoms. The van der Waals surface area contributed by atoms with Crippen LogP contribution in [0, 0.1) is 6.92 Å². The van der Waals surface area contributed by atoms with Gasteiger partial charge in [0.1, 0.15) is 5.15 Å². The number of ether oxygens (including phenoxy) is 1. The normalized spacial score (nSPS) is 10.8. The van der Waals surface area contributed by atoms with Crippen LogP contribution in [0.5, 0.6) is 0 Å². The van der Waals surface area contributed by atoms with E-state index in [0.29, 0.717) is 17.9 Å². The molecule has 1 heterocycles. The summed E-state index contributed by atoms with van der Waals surface area (Å²) in [7, 11) is 0. The molecule has 6 heteroatoms. The van der Waals surface area contributed by atoms with Gasteiger partial charge in [-0.2, -0.15) is 0 Å². The number of rotatable bonds is 3. The second-order valence-corrected chi connectivity index (χ2v) is 3.56. The molecule has 0 aromatic carbocycles. The zero-order valence-electron chi connectivity index (χ0n) is 8.83. The second-order valence-electron chi connectivity index (χ2n) is 2.87. The van der Waals surface area contributed by atoms with Gasteiger partial charge in [0.05, 0.1) is 12.3 Å². The minimum absolute atomic E-state index is 0.0794. The van der Waals surface area contributed by atoms with Crippen LogP contribution in [0.3, 0.4) is 0 Å². The van der Waals surface area contributed by atoms with Gasteiger partial charge in [0.15, 0.2) is 0 Å². The smallest absolute Gasteiger partial charge is 0.330 e. The van der Waals surface area contributed by atoms with Gasteiger partial charge >= 0.3 is 5.97 Å². The Bertz CT molecular complexity index is 410. The van der Waals surface area contributed by atoms with Crippen molar-refractivity contribution in [1.29, 1.82) is 0 Å². The first kappa shape index (κ1) is 12.9. The van der Waals surface area contributed by atoms with Gasteiger partial charge in [-0.15, -0.1) is 0 Å². The molecule has 0 fully saturated rings. The molecule has 0 saturated heterocycles. The molecule has 16 heavy (non-hydrogen) atoms. The average Bonchev–Trinajstić information content (AvgIpc) is 2.16. The molecule has 0 radical (unpaired) electrons. The van der Waals surface area contributed by atoms with Crippen molar-refractivity contribution in [1.82, 2.24) is 9.97 Å². The molecule has 1 aromatic heterocycles. The SMILES string of the molecule is CCOC(=O)/C=C/c1c(C)nc(Cl)nc1Cl. The van der Waals surface area contributed by atoms with Crippen molar-refractivity contribution in [3.05, 3.63) is 27.8 Å². The van der Waals surface area contributed by atoms with E-state index in [-0.39, 0.29) is 10.4 Å². The van der Waals surface area contributed by atoms with Crippen LogP contribution in [-0.2, 0) is 9.53 Å². The van der Waals surface area contributed by atoms with E-state index in [4.69, 9.17) is 27.9 Å². The fourth-order valence-electron chi connectivity index (χ4n) is 1.05. The lowest BCUT2D eigenvalue weighted by molar-refractivity contribution is -0.137. The topological polar surface area (TPSA) is 52.1 Å². The summed E-state index contributed by atoms with van der Waals surface area (Å²) in [4.78, 5) is 18.8. The van der Waals surface area contributed by atoms with Crippen molar-refractivity contribution in [3.63, 3.8) is 0 Å². The van der Waals surface area contributed by atoms with Crippen molar-refractivity contribution in [2.75, 3.05) is 6.61 Å². The summed E-state index contributed by atoms with van der Waals surface area (Å²) in [5, 5.41) is 0.286. The Morgan fingerprint density at radius 3 is 2.69 bits per heavy atom. The molecular weight excluding hydrogens is 251 g/mol. The summed E-state index contributed by atoms with van der Waals surface area (Å²) in [6, 6.07) is 0. The van der Waals surface area contributed by atoms with Gasteiger partial charge in [-0.05, 0) is 31.5 Å². The maximum Gasteiger partial charge on any atom is 0.330 e. The Kier molecular flexibility index (Phi) is 4.71. The number of aryl methyl sites for hydroxylation is 1. The highest BCUT2D eigenvalue weighted by atomic mass is 35.5. The zero-order chi connectivity index (χ0) is 12.1. The Balaban J connectivity index is 2.93. The van der Waals surface area contributed by atoms with Crippen molar-refractivity contribution in [3.8, 4) is 0 Å². The molecular formula is C10H10Cl2N2O2. The van der Waals surface area contributed by atoms with E-state index in [9.17, 15) is 4.79 Å². The fraction of sp³-hybridized carbons (Fsp3) is 0.300. The summed E-state index contributed by atoms with van der Waals surface area (Å²) in [6.45, 7) is 3.78. The van der Waals surface area contributed by atoms with E-state index in [1.807, 2.05) is 0 Å². The van der Waals surface area contributed by atoms with E-state index in [2.05, 4.69) is 9.97 Å². The predicted molar refractivity (Wildman–Crippen MR) is 62.5 cm³/mol. The second kappa shape index (κ2) is 5.82. The van der Waals surface area contributed by atoms with E-state index in [1.54, 1.807) is 13.8 Å². The number of esters is 1. The monoisotopic (exact) mass is 260 g/mol. The summed E-state index contributed by atoms with van der Waals surface area (Å²) < 4.78 is 4.73. The van der Waals surface area contributed by atoms with E-state index >= 15 is 0 Å². The van der Waals surface area contributed by atoms with Gasteiger partial charge in [0, 0.05) is 11.6 Å². The van der Waals surface area contributed by atoms with E-state index in [0.717, 1.165) is 0 Å². The Hall–Kier alpha value is -1.13. The number of nitrogens with zero attached hydrogens (tertiary/aromatic N) is 2. The minimum atomic E-state index is -0.437. The molecule has 1 aromatic rings. The van der Waals surface area contributed by atoms with Crippen LogP contribution >= 0.6 is 23.2 Å². The lowest BCUT2D eigenvalue weighted by Crippen LogP contribution is -1.99. The van der Waals surface area contributed by atoms with Gasteiger partial charge in [0.25, 0.3) is 0 Å². The van der Waals surface area contributed by atoms with Crippen molar-refractivity contribution in [2.24, 2.45) is 0 Å². The maximum absolute atomic E-state index is 11.1. The van der Waals surface area contributed by atoms with Crippen LogP contribution in [0.1, 0.15) is 18.2 Å². The lowest BCUT2D eigenvalue weighted by Gasteiger charge is -2.02. The average molecular weight is 261 g/mol.